The molecule has 12 heteroatoms. The van der Waals surface area contributed by atoms with Crippen molar-refractivity contribution in [1.82, 2.24) is 15.5 Å². The Hall–Kier alpha value is -4.09. The van der Waals surface area contributed by atoms with Gasteiger partial charge in [-0.25, -0.2) is 4.79 Å². The predicted molar refractivity (Wildman–Crippen MR) is 111 cm³/mol. The minimum absolute atomic E-state index is 0.0834. The molecule has 4 rings (SSSR count). The number of imide groups is 1. The molecule has 2 aromatic rings. The van der Waals surface area contributed by atoms with Gasteiger partial charge in [-0.2, -0.15) is 0 Å². The number of alkyl halides is 3. The highest BCUT2D eigenvalue weighted by Gasteiger charge is 2.39. The maximum Gasteiger partial charge on any atom is 0.573 e. The minimum atomic E-state index is -4.80. The van der Waals surface area contributed by atoms with Gasteiger partial charge in [0.1, 0.15) is 11.8 Å². The lowest BCUT2D eigenvalue weighted by molar-refractivity contribution is -0.274. The van der Waals surface area contributed by atoms with E-state index in [0.717, 1.165) is 17.7 Å². The number of nitrogens with zero attached hydrogens (tertiary/aromatic N) is 1. The van der Waals surface area contributed by atoms with Crippen molar-refractivity contribution in [1.29, 1.82) is 0 Å². The Kier molecular flexibility index (Phi) is 6.14. The molecule has 0 spiro atoms. The predicted octanol–water partition coefficient (Wildman–Crippen LogP) is 2.67. The highest BCUT2D eigenvalue weighted by atomic mass is 19.4. The quantitative estimate of drug-likeness (QED) is 0.574. The second-order valence-corrected chi connectivity index (χ2v) is 7.77. The standard InChI is InChI=1S/C22H19F3N4O5/c23-22(24,25)34-15-5-3-14(4-6-15)27-21(33)26-10-12-1-2-13-11-29(20(32)16(13)9-12)17-7-8-18(30)28-19(17)31/h1-6,9,17H,7-8,10-11H2,(H2,26,27,33)(H,28,30,31). The average Bonchev–Trinajstić information content (AvgIpc) is 3.08. The van der Waals surface area contributed by atoms with Crippen LogP contribution in [-0.4, -0.2) is 41.1 Å². The molecule has 178 valence electrons. The number of hydrogen-bond acceptors (Lipinski definition) is 5. The molecule has 0 bridgehead atoms. The van der Waals surface area contributed by atoms with Crippen LogP contribution in [0.25, 0.3) is 0 Å². The molecular weight excluding hydrogens is 457 g/mol. The van der Waals surface area contributed by atoms with Crippen LogP contribution in [-0.2, 0) is 22.7 Å². The van der Waals surface area contributed by atoms with Crippen molar-refractivity contribution < 1.29 is 37.1 Å². The summed E-state index contributed by atoms with van der Waals surface area (Å²) in [6, 6.07) is 8.48. The number of amides is 5. The van der Waals surface area contributed by atoms with Crippen LogP contribution in [0.2, 0.25) is 0 Å². The second kappa shape index (κ2) is 9.04. The van der Waals surface area contributed by atoms with Crippen molar-refractivity contribution in [3.05, 3.63) is 59.2 Å². The maximum atomic E-state index is 12.8. The Morgan fingerprint density at radius 3 is 2.53 bits per heavy atom. The van der Waals surface area contributed by atoms with Gasteiger partial charge in [-0.3, -0.25) is 19.7 Å². The van der Waals surface area contributed by atoms with Gasteiger partial charge in [0.25, 0.3) is 5.91 Å². The first-order valence-corrected chi connectivity index (χ1v) is 10.3. The van der Waals surface area contributed by atoms with Crippen molar-refractivity contribution in [2.45, 2.75) is 38.3 Å². The van der Waals surface area contributed by atoms with E-state index >= 15 is 0 Å². The summed E-state index contributed by atoms with van der Waals surface area (Å²) < 4.78 is 40.4. The number of urea groups is 1. The summed E-state index contributed by atoms with van der Waals surface area (Å²) in [7, 11) is 0. The number of carbonyl (C=O) groups excluding carboxylic acids is 4. The molecule has 1 atom stereocenters. The number of rotatable bonds is 5. The van der Waals surface area contributed by atoms with Crippen molar-refractivity contribution >= 4 is 29.4 Å². The normalized spacial score (nSPS) is 17.8. The topological polar surface area (TPSA) is 117 Å². The molecule has 2 aliphatic heterocycles. The number of hydrogen-bond donors (Lipinski definition) is 3. The van der Waals surface area contributed by atoms with Gasteiger partial charge in [-0.05, 0) is 47.9 Å². The number of fused-ring (bicyclic) bond motifs is 1. The molecule has 0 aliphatic carbocycles. The average molecular weight is 476 g/mol. The molecular formula is C22H19F3N4O5. The fourth-order valence-electron chi connectivity index (χ4n) is 3.81. The highest BCUT2D eigenvalue weighted by Crippen LogP contribution is 2.28. The molecule has 9 nitrogen and oxygen atoms in total. The van der Waals surface area contributed by atoms with Crippen LogP contribution in [0.3, 0.4) is 0 Å². The highest BCUT2D eigenvalue weighted by molar-refractivity contribution is 6.05. The van der Waals surface area contributed by atoms with E-state index in [4.69, 9.17) is 0 Å². The van der Waals surface area contributed by atoms with Gasteiger partial charge >= 0.3 is 12.4 Å². The molecule has 3 N–H and O–H groups in total. The molecule has 2 aliphatic rings. The van der Waals surface area contributed by atoms with Crippen LogP contribution in [0.5, 0.6) is 5.75 Å². The van der Waals surface area contributed by atoms with E-state index in [0.29, 0.717) is 11.1 Å². The number of nitrogens with one attached hydrogen (secondary N) is 3. The zero-order valence-corrected chi connectivity index (χ0v) is 17.6. The van der Waals surface area contributed by atoms with E-state index in [1.54, 1.807) is 18.2 Å². The Morgan fingerprint density at radius 1 is 1.12 bits per heavy atom. The summed E-state index contributed by atoms with van der Waals surface area (Å²) in [5.41, 5.74) is 2.06. The first kappa shape index (κ1) is 23.1. The molecule has 2 aromatic carbocycles. The molecule has 0 radical (unpaired) electrons. The number of piperidine rings is 1. The summed E-state index contributed by atoms with van der Waals surface area (Å²) in [6.07, 6.45) is -4.37. The third-order valence-corrected chi connectivity index (χ3v) is 5.39. The van der Waals surface area contributed by atoms with Crippen molar-refractivity contribution in [2.75, 3.05) is 5.32 Å². The third-order valence-electron chi connectivity index (χ3n) is 5.39. The van der Waals surface area contributed by atoms with E-state index in [2.05, 4.69) is 20.7 Å². The molecule has 34 heavy (non-hydrogen) atoms. The number of benzene rings is 2. The number of halogens is 3. The lowest BCUT2D eigenvalue weighted by atomic mass is 10.0. The summed E-state index contributed by atoms with van der Waals surface area (Å²) in [5, 5.41) is 7.34. The van der Waals surface area contributed by atoms with E-state index in [1.807, 2.05) is 0 Å². The fourth-order valence-corrected chi connectivity index (χ4v) is 3.81. The van der Waals surface area contributed by atoms with Crippen molar-refractivity contribution in [3.63, 3.8) is 0 Å². The number of ether oxygens (including phenoxy) is 1. The molecule has 0 saturated carbocycles. The first-order chi connectivity index (χ1) is 16.1. The zero-order valence-electron chi connectivity index (χ0n) is 17.6. The van der Waals surface area contributed by atoms with Gasteiger partial charge in [0, 0.05) is 30.8 Å². The Bertz CT molecular complexity index is 1150. The molecule has 5 amide bonds. The van der Waals surface area contributed by atoms with Crippen molar-refractivity contribution in [3.8, 4) is 5.75 Å². The maximum absolute atomic E-state index is 12.8. The van der Waals surface area contributed by atoms with E-state index < -0.39 is 30.1 Å². The third kappa shape index (κ3) is 5.27. The Balaban J connectivity index is 1.33. The van der Waals surface area contributed by atoms with Crippen LogP contribution < -0.4 is 20.7 Å². The van der Waals surface area contributed by atoms with Gasteiger partial charge in [-0.1, -0.05) is 12.1 Å². The van der Waals surface area contributed by atoms with Gasteiger partial charge in [0.2, 0.25) is 11.8 Å². The van der Waals surface area contributed by atoms with E-state index in [1.165, 1.54) is 17.0 Å². The molecule has 1 saturated heterocycles. The first-order valence-electron chi connectivity index (χ1n) is 10.3. The molecule has 1 unspecified atom stereocenters. The number of anilines is 1. The summed E-state index contributed by atoms with van der Waals surface area (Å²) in [4.78, 5) is 49.9. The zero-order chi connectivity index (χ0) is 24.5. The largest absolute Gasteiger partial charge is 0.573 e. The SMILES string of the molecule is O=C1CCC(N2Cc3ccc(CNC(=O)Nc4ccc(OC(F)(F)F)cc4)cc3C2=O)C(=O)N1. The summed E-state index contributed by atoms with van der Waals surface area (Å²) in [5.74, 6) is -1.58. The fraction of sp³-hybridized carbons (Fsp3) is 0.273. The van der Waals surface area contributed by atoms with Gasteiger partial charge < -0.3 is 20.3 Å². The molecule has 1 fully saturated rings. The molecule has 0 aromatic heterocycles. The minimum Gasteiger partial charge on any atom is -0.406 e. The Morgan fingerprint density at radius 2 is 1.85 bits per heavy atom. The second-order valence-electron chi connectivity index (χ2n) is 7.77. The lowest BCUT2D eigenvalue weighted by Gasteiger charge is -2.29. The Labute approximate surface area is 191 Å². The number of carbonyl (C=O) groups is 4. The van der Waals surface area contributed by atoms with E-state index in [9.17, 15) is 32.3 Å². The van der Waals surface area contributed by atoms with Crippen LogP contribution in [0.4, 0.5) is 23.7 Å². The smallest absolute Gasteiger partial charge is 0.406 e. The van der Waals surface area contributed by atoms with Crippen molar-refractivity contribution in [2.24, 2.45) is 0 Å². The lowest BCUT2D eigenvalue weighted by Crippen LogP contribution is -2.52. The van der Waals surface area contributed by atoms with Crippen LogP contribution in [0.15, 0.2) is 42.5 Å². The van der Waals surface area contributed by atoms with Gasteiger partial charge in [0.05, 0.1) is 0 Å². The van der Waals surface area contributed by atoms with Gasteiger partial charge in [0.15, 0.2) is 0 Å². The summed E-state index contributed by atoms with van der Waals surface area (Å²) in [6.45, 7) is 0.336. The van der Waals surface area contributed by atoms with Crippen LogP contribution >= 0.6 is 0 Å². The van der Waals surface area contributed by atoms with Gasteiger partial charge in [-0.15, -0.1) is 13.2 Å². The van der Waals surface area contributed by atoms with Crippen LogP contribution in [0, 0.1) is 0 Å². The molecule has 2 heterocycles. The van der Waals surface area contributed by atoms with Crippen LogP contribution in [0.1, 0.15) is 34.3 Å². The summed E-state index contributed by atoms with van der Waals surface area (Å²) >= 11 is 0. The van der Waals surface area contributed by atoms with E-state index in [-0.39, 0.29) is 43.4 Å². The monoisotopic (exact) mass is 476 g/mol.